The number of Topliss-reactive ketones (excluding diaryl/α,β-unsaturated/α-hetero) is 1. The average Bonchev–Trinajstić information content (AvgIpc) is 3.71. The summed E-state index contributed by atoms with van der Waals surface area (Å²) in [6.45, 7) is 21.7. The van der Waals surface area contributed by atoms with E-state index >= 15 is 0 Å². The zero-order valence-electron chi connectivity index (χ0n) is 42.5. The molecule has 6 atom stereocenters. The summed E-state index contributed by atoms with van der Waals surface area (Å²) < 4.78 is 15.6. The van der Waals surface area contributed by atoms with Crippen LogP contribution in [0.5, 0.6) is 0 Å². The number of ketones is 1. The third-order valence-corrected chi connectivity index (χ3v) is 10.3. The number of carbonyl (C=O) groups excluding carboxylic acids is 11. The molecule has 0 spiro atoms. The summed E-state index contributed by atoms with van der Waals surface area (Å²) in [6.07, 6.45) is 0.513. The van der Waals surface area contributed by atoms with Gasteiger partial charge < -0.3 is 51.0 Å². The van der Waals surface area contributed by atoms with E-state index in [0.717, 1.165) is 0 Å². The van der Waals surface area contributed by atoms with Gasteiger partial charge in [-0.15, -0.1) is 0 Å². The van der Waals surface area contributed by atoms with Gasteiger partial charge in [-0.3, -0.25) is 52.7 Å². The molecule has 0 aromatic heterocycles. The van der Waals surface area contributed by atoms with E-state index in [1.165, 1.54) is 11.8 Å². The van der Waals surface area contributed by atoms with E-state index in [-0.39, 0.29) is 71.1 Å². The van der Waals surface area contributed by atoms with E-state index in [0.29, 0.717) is 12.8 Å². The zero-order chi connectivity index (χ0) is 52.1. The smallest absolute Gasteiger partial charge is 0.306 e. The highest BCUT2D eigenvalue weighted by Crippen LogP contribution is 2.22. The Hall–Kier alpha value is -5.63. The summed E-state index contributed by atoms with van der Waals surface area (Å²) in [5.41, 5.74) is -1.66. The van der Waals surface area contributed by atoms with Crippen molar-refractivity contribution < 1.29 is 67.0 Å². The molecule has 0 bridgehead atoms. The van der Waals surface area contributed by atoms with E-state index < -0.39 is 124 Å². The van der Waals surface area contributed by atoms with Gasteiger partial charge in [0.1, 0.15) is 41.4 Å². The number of rotatable bonds is 27. The third-order valence-electron chi connectivity index (χ3n) is 10.3. The summed E-state index contributed by atoms with van der Waals surface area (Å²) in [6, 6.07) is -7.41. The molecule has 0 radical (unpaired) electrons. The maximum atomic E-state index is 14.3. The maximum Gasteiger partial charge on any atom is 0.306 e. The van der Waals surface area contributed by atoms with E-state index in [1.807, 2.05) is 0 Å². The number of nitrogens with zero attached hydrogens (tertiary/aromatic N) is 1. The van der Waals surface area contributed by atoms with Crippen molar-refractivity contribution in [1.82, 2.24) is 36.8 Å². The summed E-state index contributed by atoms with van der Waals surface area (Å²) in [5.74, 6) is -8.93. The Balaban J connectivity index is 3.29. The number of hydrogen-bond donors (Lipinski definition) is 6. The predicted molar refractivity (Wildman–Crippen MR) is 249 cm³/mol. The second-order valence-corrected chi connectivity index (χ2v) is 19.6. The Labute approximate surface area is 401 Å². The van der Waals surface area contributed by atoms with Gasteiger partial charge in [-0.1, -0.05) is 41.0 Å². The minimum atomic E-state index is -1.45. The molecule has 1 aliphatic heterocycles. The number of ether oxygens (including phenoxy) is 3. The van der Waals surface area contributed by atoms with E-state index in [1.54, 1.807) is 83.1 Å². The van der Waals surface area contributed by atoms with Gasteiger partial charge in [0.2, 0.25) is 41.2 Å². The highest BCUT2D eigenvalue weighted by atomic mass is 16.6. The second-order valence-electron chi connectivity index (χ2n) is 19.6. The Kier molecular flexibility index (Phi) is 25.4. The molecule has 1 saturated heterocycles. The molecule has 0 aromatic rings. The standard InChI is InChI=1S/C47H79N7O14/c1-14-18-30(39(59)44(64)48-25-16-20-34(56)66-15-2)50-42(62)33-19-17-26-54(33)45(65)38(28(5)6)53-43(63)37(27(3)4)52-41(61)32(22-24-36(58)68-47(11,12)13)51-40(60)31(49-29(7)55)21-23-35(57)67-46(8,9)10/h27-28,30-33,37-38H,14-26H2,1-13H3,(H,48,64)(H,49,55)(H,50,62)(H,51,60)(H,52,61)(H,53,63). The fraction of sp³-hybridized carbons (Fsp3) is 0.766. The molecule has 1 heterocycles. The number of carbonyl (C=O) groups is 11. The van der Waals surface area contributed by atoms with Crippen molar-refractivity contribution in [2.75, 3.05) is 19.7 Å². The largest absolute Gasteiger partial charge is 0.466 e. The first kappa shape index (κ1) is 60.4. The molecule has 6 N–H and O–H groups in total. The monoisotopic (exact) mass is 966 g/mol. The Morgan fingerprint density at radius 2 is 1.13 bits per heavy atom. The molecular formula is C47H79N7O14. The van der Waals surface area contributed by atoms with Gasteiger partial charge in [-0.2, -0.15) is 0 Å². The lowest BCUT2D eigenvalue weighted by Gasteiger charge is -2.33. The van der Waals surface area contributed by atoms with Gasteiger partial charge in [0, 0.05) is 39.3 Å². The quantitative estimate of drug-likeness (QED) is 0.0297. The van der Waals surface area contributed by atoms with Gasteiger partial charge in [0.05, 0.1) is 12.6 Å². The van der Waals surface area contributed by atoms with Crippen molar-refractivity contribution >= 4 is 65.0 Å². The van der Waals surface area contributed by atoms with Crippen molar-refractivity contribution in [3.05, 3.63) is 0 Å². The van der Waals surface area contributed by atoms with Crippen LogP contribution in [0, 0.1) is 11.8 Å². The van der Waals surface area contributed by atoms with Crippen molar-refractivity contribution in [3.63, 3.8) is 0 Å². The minimum absolute atomic E-state index is 0.0368. The third kappa shape index (κ3) is 22.4. The molecule has 1 fully saturated rings. The summed E-state index contributed by atoms with van der Waals surface area (Å²) in [7, 11) is 0. The summed E-state index contributed by atoms with van der Waals surface area (Å²) in [4.78, 5) is 146. The fourth-order valence-corrected chi connectivity index (χ4v) is 7.13. The number of esters is 3. The average molecular weight is 966 g/mol. The summed E-state index contributed by atoms with van der Waals surface area (Å²) in [5, 5.41) is 15.6. The molecule has 1 rings (SSSR count). The van der Waals surface area contributed by atoms with Crippen molar-refractivity contribution in [2.45, 2.75) is 202 Å². The maximum absolute atomic E-state index is 14.3. The molecule has 68 heavy (non-hydrogen) atoms. The molecule has 6 unspecified atom stereocenters. The van der Waals surface area contributed by atoms with E-state index in [9.17, 15) is 52.7 Å². The molecule has 0 aromatic carbocycles. The zero-order valence-corrected chi connectivity index (χ0v) is 42.5. The van der Waals surface area contributed by atoms with Gasteiger partial charge in [-0.25, -0.2) is 0 Å². The molecule has 0 saturated carbocycles. The number of amides is 7. The van der Waals surface area contributed by atoms with Crippen molar-refractivity contribution in [2.24, 2.45) is 11.8 Å². The minimum Gasteiger partial charge on any atom is -0.466 e. The lowest BCUT2D eigenvalue weighted by Crippen LogP contribution is -2.61. The number of hydrogen-bond acceptors (Lipinski definition) is 14. The highest BCUT2D eigenvalue weighted by molar-refractivity contribution is 6.38. The van der Waals surface area contributed by atoms with Crippen LogP contribution >= 0.6 is 0 Å². The van der Waals surface area contributed by atoms with Gasteiger partial charge in [-0.05, 0) is 98.8 Å². The van der Waals surface area contributed by atoms with Gasteiger partial charge in [0.15, 0.2) is 0 Å². The molecule has 0 aliphatic carbocycles. The van der Waals surface area contributed by atoms with Crippen LogP contribution in [0.1, 0.15) is 154 Å². The Morgan fingerprint density at radius 3 is 1.62 bits per heavy atom. The van der Waals surface area contributed by atoms with Gasteiger partial charge in [0.25, 0.3) is 5.91 Å². The van der Waals surface area contributed by atoms with Crippen LogP contribution in [0.25, 0.3) is 0 Å². The SMILES string of the molecule is CCCC(NC(=O)C1CCCN1C(=O)C(NC(=O)C(NC(=O)C(CCC(=O)OC(C)(C)C)NC(=O)C(CCC(=O)OC(C)(C)C)NC(C)=O)C(C)C)C(C)C)C(=O)C(=O)NCCCC(=O)OCC. The van der Waals surface area contributed by atoms with Crippen LogP contribution < -0.4 is 31.9 Å². The summed E-state index contributed by atoms with van der Waals surface area (Å²) >= 11 is 0. The second kappa shape index (κ2) is 28.6. The molecule has 1 aliphatic rings. The van der Waals surface area contributed by atoms with Crippen LogP contribution in [0.4, 0.5) is 0 Å². The first-order valence-electron chi connectivity index (χ1n) is 23.7. The first-order valence-corrected chi connectivity index (χ1v) is 23.7. The number of likely N-dealkylation sites (tertiary alicyclic amines) is 1. The van der Waals surface area contributed by atoms with Crippen LogP contribution in [-0.4, -0.2) is 137 Å². The first-order chi connectivity index (χ1) is 31.5. The van der Waals surface area contributed by atoms with E-state index in [2.05, 4.69) is 31.9 Å². The number of nitrogens with one attached hydrogen (secondary N) is 6. The topological polar surface area (TPSA) is 291 Å². The van der Waals surface area contributed by atoms with Crippen molar-refractivity contribution in [3.8, 4) is 0 Å². The molecule has 386 valence electrons. The van der Waals surface area contributed by atoms with Crippen LogP contribution in [0.3, 0.4) is 0 Å². The lowest BCUT2D eigenvalue weighted by atomic mass is 9.98. The Bertz CT molecular complexity index is 1790. The van der Waals surface area contributed by atoms with Crippen LogP contribution in [-0.2, 0) is 67.0 Å². The predicted octanol–water partition coefficient (Wildman–Crippen LogP) is 1.81. The fourth-order valence-electron chi connectivity index (χ4n) is 7.13. The normalized spacial score (nSPS) is 16.0. The van der Waals surface area contributed by atoms with E-state index in [4.69, 9.17) is 14.2 Å². The Morgan fingerprint density at radius 1 is 0.618 bits per heavy atom. The lowest BCUT2D eigenvalue weighted by molar-refractivity contribution is -0.156. The molecule has 7 amide bonds. The van der Waals surface area contributed by atoms with Crippen LogP contribution in [0.15, 0.2) is 0 Å². The van der Waals surface area contributed by atoms with Gasteiger partial charge >= 0.3 is 17.9 Å². The van der Waals surface area contributed by atoms with Crippen molar-refractivity contribution in [1.29, 1.82) is 0 Å². The van der Waals surface area contributed by atoms with Crippen LogP contribution in [0.2, 0.25) is 0 Å². The highest BCUT2D eigenvalue weighted by Gasteiger charge is 2.41. The molecular weight excluding hydrogens is 887 g/mol. The molecule has 21 heteroatoms. The molecule has 21 nitrogen and oxygen atoms in total.